The van der Waals surface area contributed by atoms with Gasteiger partial charge in [0.05, 0.1) is 27.8 Å². The number of nitrogens with zero attached hydrogens (tertiary/aromatic N) is 6. The van der Waals surface area contributed by atoms with Gasteiger partial charge in [-0.15, -0.1) is 5.10 Å². The molecule has 1 aliphatic carbocycles. The number of piperidine rings is 1. The highest BCUT2D eigenvalue weighted by Crippen LogP contribution is 2.50. The first kappa shape index (κ1) is 19.9. The first-order valence-corrected chi connectivity index (χ1v) is 11.9. The predicted molar refractivity (Wildman–Crippen MR) is 132 cm³/mol. The van der Waals surface area contributed by atoms with Crippen LogP contribution in [0.1, 0.15) is 30.0 Å². The molecule has 4 heterocycles. The third kappa shape index (κ3) is 2.88. The van der Waals surface area contributed by atoms with Crippen LogP contribution in [-0.4, -0.2) is 43.0 Å². The van der Waals surface area contributed by atoms with Crippen molar-refractivity contribution >= 4 is 39.5 Å². The first-order chi connectivity index (χ1) is 16.6. The molecule has 1 atom stereocenters. The van der Waals surface area contributed by atoms with Crippen molar-refractivity contribution in [3.63, 3.8) is 0 Å². The second-order valence-corrected chi connectivity index (χ2v) is 9.86. The number of anilines is 1. The number of fused-ring (bicyclic) bond motifs is 3. The number of hydrogen-bond acceptors (Lipinski definition) is 6. The van der Waals surface area contributed by atoms with Gasteiger partial charge in [0.15, 0.2) is 5.65 Å². The average Bonchev–Trinajstić information content (AvgIpc) is 3.56. The van der Waals surface area contributed by atoms with Gasteiger partial charge in [-0.1, -0.05) is 35.9 Å². The molecule has 34 heavy (non-hydrogen) atoms. The molecular weight excluding hydrogens is 448 g/mol. The molecule has 0 bridgehead atoms. The quantitative estimate of drug-likeness (QED) is 0.401. The molecular formula is C25H23ClN8. The zero-order chi connectivity index (χ0) is 22.9. The van der Waals surface area contributed by atoms with Crippen LogP contribution in [-0.2, 0) is 6.42 Å². The summed E-state index contributed by atoms with van der Waals surface area (Å²) in [5.74, 6) is 0.712. The summed E-state index contributed by atoms with van der Waals surface area (Å²) in [4.78, 5) is 11.7. The van der Waals surface area contributed by atoms with E-state index in [1.54, 1.807) is 10.9 Å². The van der Waals surface area contributed by atoms with Gasteiger partial charge in [-0.05, 0) is 47.9 Å². The number of aromatic amines is 1. The fourth-order valence-corrected chi connectivity index (χ4v) is 5.99. The van der Waals surface area contributed by atoms with Crippen molar-refractivity contribution in [2.24, 2.45) is 11.1 Å². The molecule has 3 aromatic heterocycles. The Morgan fingerprint density at radius 1 is 1.09 bits per heavy atom. The van der Waals surface area contributed by atoms with Crippen LogP contribution < -0.4 is 10.6 Å². The number of nitrogens with one attached hydrogen (secondary N) is 1. The lowest BCUT2D eigenvalue weighted by Crippen LogP contribution is -2.44. The fraction of sp³-hybridized carbons (Fsp3) is 0.280. The van der Waals surface area contributed by atoms with E-state index in [1.165, 1.54) is 11.1 Å². The molecule has 0 amide bonds. The number of benzene rings is 2. The normalized spacial score (nSPS) is 19.4. The fourth-order valence-electron chi connectivity index (χ4n) is 5.74. The van der Waals surface area contributed by atoms with E-state index in [1.807, 2.05) is 24.5 Å². The summed E-state index contributed by atoms with van der Waals surface area (Å²) in [5.41, 5.74) is 11.9. The van der Waals surface area contributed by atoms with Gasteiger partial charge in [-0.3, -0.25) is 5.10 Å². The molecule has 0 unspecified atom stereocenters. The van der Waals surface area contributed by atoms with E-state index in [9.17, 15) is 0 Å². The van der Waals surface area contributed by atoms with Crippen LogP contribution in [0.2, 0.25) is 5.02 Å². The largest absolute Gasteiger partial charge is 0.341 e. The van der Waals surface area contributed by atoms with E-state index in [0.29, 0.717) is 16.6 Å². The smallest absolute Gasteiger partial charge is 0.227 e. The van der Waals surface area contributed by atoms with Gasteiger partial charge in [0.1, 0.15) is 0 Å². The minimum absolute atomic E-state index is 0.0975. The van der Waals surface area contributed by atoms with Crippen LogP contribution >= 0.6 is 11.6 Å². The van der Waals surface area contributed by atoms with E-state index < -0.39 is 0 Å². The van der Waals surface area contributed by atoms with Crippen molar-refractivity contribution in [1.82, 2.24) is 29.9 Å². The van der Waals surface area contributed by atoms with Gasteiger partial charge in [-0.2, -0.15) is 10.1 Å². The third-order valence-corrected chi connectivity index (χ3v) is 7.96. The Morgan fingerprint density at radius 2 is 1.94 bits per heavy atom. The van der Waals surface area contributed by atoms with Gasteiger partial charge >= 0.3 is 0 Å². The molecule has 5 aromatic rings. The topological polar surface area (TPSA) is 102 Å². The molecule has 1 spiro atoms. The van der Waals surface area contributed by atoms with E-state index in [0.717, 1.165) is 54.3 Å². The Morgan fingerprint density at radius 3 is 2.79 bits per heavy atom. The summed E-state index contributed by atoms with van der Waals surface area (Å²) in [6.07, 6.45) is 8.62. The zero-order valence-corrected chi connectivity index (χ0v) is 19.2. The Balaban J connectivity index is 1.17. The van der Waals surface area contributed by atoms with Gasteiger partial charge in [0, 0.05) is 36.9 Å². The summed E-state index contributed by atoms with van der Waals surface area (Å²) in [7, 11) is 0. The molecule has 2 aliphatic rings. The summed E-state index contributed by atoms with van der Waals surface area (Å²) in [5, 5.41) is 14.2. The maximum Gasteiger partial charge on any atom is 0.227 e. The molecule has 9 heteroatoms. The lowest BCUT2D eigenvalue weighted by molar-refractivity contribution is 0.187. The molecule has 1 aliphatic heterocycles. The third-order valence-electron chi connectivity index (χ3n) is 7.66. The molecule has 1 fully saturated rings. The van der Waals surface area contributed by atoms with Gasteiger partial charge < -0.3 is 10.6 Å². The Bertz CT molecular complexity index is 1550. The van der Waals surface area contributed by atoms with Crippen molar-refractivity contribution in [1.29, 1.82) is 0 Å². The van der Waals surface area contributed by atoms with Crippen LogP contribution in [0.5, 0.6) is 0 Å². The standard InChI is InChI=1S/C25H23ClN8/c26-19-5-6-20-18(13-29-31-20)21(19)34-14-16-12-28-24(30-23(16)32-34)33-9-7-25(8-10-33)11-15-3-1-2-4-17(15)22(25)27/h1-6,12-14,22H,7-11,27H2,(H,29,31)/t22-/m1/s1. The molecule has 170 valence electrons. The van der Waals surface area contributed by atoms with Crippen LogP contribution in [0.3, 0.4) is 0 Å². The molecule has 3 N–H and O–H groups in total. The maximum absolute atomic E-state index is 6.74. The lowest BCUT2D eigenvalue weighted by atomic mass is 9.73. The van der Waals surface area contributed by atoms with Crippen molar-refractivity contribution in [3.05, 3.63) is 71.1 Å². The summed E-state index contributed by atoms with van der Waals surface area (Å²) in [6.45, 7) is 1.77. The van der Waals surface area contributed by atoms with E-state index >= 15 is 0 Å². The molecule has 0 radical (unpaired) electrons. The number of hydrogen-bond donors (Lipinski definition) is 2. The molecule has 0 saturated carbocycles. The minimum Gasteiger partial charge on any atom is -0.341 e. The maximum atomic E-state index is 6.74. The van der Waals surface area contributed by atoms with Gasteiger partial charge in [0.2, 0.25) is 5.95 Å². The van der Waals surface area contributed by atoms with Crippen molar-refractivity contribution in [2.75, 3.05) is 18.0 Å². The highest BCUT2D eigenvalue weighted by Gasteiger charge is 2.46. The van der Waals surface area contributed by atoms with Crippen molar-refractivity contribution in [2.45, 2.75) is 25.3 Å². The summed E-state index contributed by atoms with van der Waals surface area (Å²) >= 11 is 6.52. The highest BCUT2D eigenvalue weighted by atomic mass is 35.5. The van der Waals surface area contributed by atoms with Crippen LogP contribution in [0, 0.1) is 5.41 Å². The Labute approximate surface area is 200 Å². The summed E-state index contributed by atoms with van der Waals surface area (Å²) in [6, 6.07) is 12.5. The number of halogens is 1. The summed E-state index contributed by atoms with van der Waals surface area (Å²) < 4.78 is 1.77. The van der Waals surface area contributed by atoms with Crippen LogP contribution in [0.25, 0.3) is 27.6 Å². The Kier molecular flexibility index (Phi) is 4.25. The molecule has 2 aromatic carbocycles. The number of nitrogens with two attached hydrogens (primary N) is 1. The van der Waals surface area contributed by atoms with Crippen molar-refractivity contribution < 1.29 is 0 Å². The lowest BCUT2D eigenvalue weighted by Gasteiger charge is -2.42. The number of aromatic nitrogens is 6. The van der Waals surface area contributed by atoms with E-state index in [2.05, 4.69) is 44.3 Å². The Hall–Kier alpha value is -3.49. The van der Waals surface area contributed by atoms with E-state index in [-0.39, 0.29) is 11.5 Å². The minimum atomic E-state index is 0.0975. The second kappa shape index (κ2) is 7.25. The van der Waals surface area contributed by atoms with E-state index in [4.69, 9.17) is 27.4 Å². The number of H-pyrrole nitrogens is 1. The monoisotopic (exact) mass is 470 g/mol. The zero-order valence-electron chi connectivity index (χ0n) is 18.4. The van der Waals surface area contributed by atoms with Gasteiger partial charge in [-0.25, -0.2) is 9.67 Å². The molecule has 7 rings (SSSR count). The highest BCUT2D eigenvalue weighted by molar-refractivity contribution is 6.33. The second-order valence-electron chi connectivity index (χ2n) is 9.45. The predicted octanol–water partition coefficient (Wildman–Crippen LogP) is 4.19. The van der Waals surface area contributed by atoms with Crippen molar-refractivity contribution in [3.8, 4) is 5.69 Å². The van der Waals surface area contributed by atoms with Gasteiger partial charge in [0.25, 0.3) is 0 Å². The van der Waals surface area contributed by atoms with Crippen LogP contribution in [0.4, 0.5) is 5.95 Å². The van der Waals surface area contributed by atoms with Crippen LogP contribution in [0.15, 0.2) is 55.0 Å². The number of rotatable bonds is 2. The average molecular weight is 471 g/mol. The molecule has 1 saturated heterocycles. The molecule has 8 nitrogen and oxygen atoms in total. The first-order valence-electron chi connectivity index (χ1n) is 11.5. The SMILES string of the molecule is N[C@@H]1c2ccccc2CC12CCN(c1ncc3cn(-c4c(Cl)ccc5[nH]ncc45)nc3n1)CC2.